The Hall–Kier alpha value is -0.500. The van der Waals surface area contributed by atoms with Gasteiger partial charge in [-0.15, -0.1) is 0 Å². The molecule has 2 heteroatoms. The predicted molar refractivity (Wildman–Crippen MR) is 64.0 cm³/mol. The Morgan fingerprint density at radius 3 is 2.50 bits per heavy atom. The standard InChI is InChI=1S/C12H17BrO/c1-5-12(2,3)10-8-9(13)6-7-11(10)14-4/h6-8H,5H2,1-4H3. The molecule has 0 saturated heterocycles. The fourth-order valence-corrected chi connectivity index (χ4v) is 1.76. The molecule has 0 atom stereocenters. The average Bonchev–Trinajstić information content (AvgIpc) is 2.18. The second-order valence-electron chi connectivity index (χ2n) is 4.08. The van der Waals surface area contributed by atoms with E-state index in [0.717, 1.165) is 16.6 Å². The van der Waals surface area contributed by atoms with Crippen molar-refractivity contribution in [1.29, 1.82) is 0 Å². The summed E-state index contributed by atoms with van der Waals surface area (Å²) in [7, 11) is 1.72. The molecule has 0 aliphatic heterocycles. The molecule has 0 unspecified atom stereocenters. The van der Waals surface area contributed by atoms with Crippen LogP contribution in [0.25, 0.3) is 0 Å². The van der Waals surface area contributed by atoms with E-state index in [-0.39, 0.29) is 5.41 Å². The van der Waals surface area contributed by atoms with Crippen LogP contribution in [0.4, 0.5) is 0 Å². The van der Waals surface area contributed by atoms with E-state index in [4.69, 9.17) is 4.74 Å². The van der Waals surface area contributed by atoms with Crippen LogP contribution in [0.3, 0.4) is 0 Å². The smallest absolute Gasteiger partial charge is 0.122 e. The van der Waals surface area contributed by atoms with Gasteiger partial charge in [-0.05, 0) is 30.0 Å². The van der Waals surface area contributed by atoms with Crippen LogP contribution in [0, 0.1) is 0 Å². The van der Waals surface area contributed by atoms with Crippen LogP contribution in [-0.4, -0.2) is 7.11 Å². The van der Waals surface area contributed by atoms with Gasteiger partial charge in [-0.1, -0.05) is 36.7 Å². The molecule has 0 aromatic heterocycles. The third-order valence-corrected chi connectivity index (χ3v) is 3.27. The lowest BCUT2D eigenvalue weighted by molar-refractivity contribution is 0.389. The van der Waals surface area contributed by atoms with Crippen LogP contribution < -0.4 is 4.74 Å². The first-order valence-corrected chi connectivity index (χ1v) is 5.64. The van der Waals surface area contributed by atoms with Gasteiger partial charge in [-0.3, -0.25) is 0 Å². The predicted octanol–water partition coefficient (Wildman–Crippen LogP) is 4.15. The van der Waals surface area contributed by atoms with Crippen molar-refractivity contribution >= 4 is 15.9 Å². The first-order chi connectivity index (χ1) is 6.51. The molecule has 14 heavy (non-hydrogen) atoms. The molecule has 0 spiro atoms. The Morgan fingerprint density at radius 2 is 2.00 bits per heavy atom. The third kappa shape index (κ3) is 2.30. The SMILES string of the molecule is CCC(C)(C)c1cc(Br)ccc1OC. The zero-order valence-electron chi connectivity index (χ0n) is 9.23. The second-order valence-corrected chi connectivity index (χ2v) is 5.00. The van der Waals surface area contributed by atoms with E-state index in [1.807, 2.05) is 12.1 Å². The van der Waals surface area contributed by atoms with Crippen molar-refractivity contribution in [2.45, 2.75) is 32.6 Å². The average molecular weight is 257 g/mol. The van der Waals surface area contributed by atoms with Gasteiger partial charge >= 0.3 is 0 Å². The highest BCUT2D eigenvalue weighted by Gasteiger charge is 2.22. The number of benzene rings is 1. The van der Waals surface area contributed by atoms with E-state index in [0.29, 0.717) is 0 Å². The van der Waals surface area contributed by atoms with E-state index >= 15 is 0 Å². The topological polar surface area (TPSA) is 9.23 Å². The molecule has 0 aliphatic carbocycles. The van der Waals surface area contributed by atoms with E-state index < -0.39 is 0 Å². The molecular formula is C12H17BrO. The fourth-order valence-electron chi connectivity index (χ4n) is 1.40. The summed E-state index contributed by atoms with van der Waals surface area (Å²) >= 11 is 3.49. The Balaban J connectivity index is 3.23. The van der Waals surface area contributed by atoms with Crippen LogP contribution in [-0.2, 0) is 5.41 Å². The quantitative estimate of drug-likeness (QED) is 0.790. The van der Waals surface area contributed by atoms with Gasteiger partial charge in [0.2, 0.25) is 0 Å². The summed E-state index contributed by atoms with van der Waals surface area (Å²) in [6, 6.07) is 6.16. The first-order valence-electron chi connectivity index (χ1n) is 4.85. The molecule has 1 nitrogen and oxygen atoms in total. The molecule has 0 amide bonds. The van der Waals surface area contributed by atoms with Crippen molar-refractivity contribution in [3.8, 4) is 5.75 Å². The summed E-state index contributed by atoms with van der Waals surface area (Å²) in [5.74, 6) is 0.972. The van der Waals surface area contributed by atoms with Gasteiger partial charge in [-0.25, -0.2) is 0 Å². The van der Waals surface area contributed by atoms with Crippen LogP contribution in [0.2, 0.25) is 0 Å². The lowest BCUT2D eigenvalue weighted by Gasteiger charge is -2.25. The second kappa shape index (κ2) is 4.35. The number of halogens is 1. The van der Waals surface area contributed by atoms with Gasteiger partial charge in [-0.2, -0.15) is 0 Å². The number of rotatable bonds is 3. The Morgan fingerprint density at radius 1 is 1.36 bits per heavy atom. The number of methoxy groups -OCH3 is 1. The summed E-state index contributed by atoms with van der Waals surface area (Å²) in [5.41, 5.74) is 1.42. The van der Waals surface area contributed by atoms with Gasteiger partial charge in [0.1, 0.15) is 5.75 Å². The molecule has 0 heterocycles. The number of hydrogen-bond acceptors (Lipinski definition) is 1. The van der Waals surface area contributed by atoms with E-state index in [9.17, 15) is 0 Å². The van der Waals surface area contributed by atoms with E-state index in [1.165, 1.54) is 5.56 Å². The zero-order valence-corrected chi connectivity index (χ0v) is 10.8. The normalized spacial score (nSPS) is 11.5. The first kappa shape index (κ1) is 11.6. The highest BCUT2D eigenvalue weighted by molar-refractivity contribution is 9.10. The molecule has 0 saturated carbocycles. The van der Waals surface area contributed by atoms with Crippen LogP contribution >= 0.6 is 15.9 Å². The maximum atomic E-state index is 5.37. The zero-order chi connectivity index (χ0) is 10.8. The number of hydrogen-bond donors (Lipinski definition) is 0. The monoisotopic (exact) mass is 256 g/mol. The minimum absolute atomic E-state index is 0.162. The van der Waals surface area contributed by atoms with E-state index in [1.54, 1.807) is 7.11 Å². The van der Waals surface area contributed by atoms with Crippen LogP contribution in [0.5, 0.6) is 5.75 Å². The minimum Gasteiger partial charge on any atom is -0.496 e. The van der Waals surface area contributed by atoms with Crippen molar-refractivity contribution in [1.82, 2.24) is 0 Å². The van der Waals surface area contributed by atoms with E-state index in [2.05, 4.69) is 42.8 Å². The summed E-state index contributed by atoms with van der Waals surface area (Å²) in [6.07, 6.45) is 1.10. The highest BCUT2D eigenvalue weighted by atomic mass is 79.9. The fraction of sp³-hybridized carbons (Fsp3) is 0.500. The maximum absolute atomic E-state index is 5.37. The summed E-state index contributed by atoms with van der Waals surface area (Å²) in [6.45, 7) is 6.66. The minimum atomic E-state index is 0.162. The maximum Gasteiger partial charge on any atom is 0.122 e. The highest BCUT2D eigenvalue weighted by Crippen LogP contribution is 2.35. The molecule has 78 valence electrons. The molecule has 1 aromatic rings. The van der Waals surface area contributed by atoms with Gasteiger partial charge in [0.25, 0.3) is 0 Å². The Labute approximate surface area is 94.6 Å². The summed E-state index contributed by atoms with van der Waals surface area (Å²) in [5, 5.41) is 0. The van der Waals surface area contributed by atoms with Crippen LogP contribution in [0.15, 0.2) is 22.7 Å². The lowest BCUT2D eigenvalue weighted by atomic mass is 9.82. The van der Waals surface area contributed by atoms with Crippen molar-refractivity contribution < 1.29 is 4.74 Å². The molecule has 1 rings (SSSR count). The molecule has 0 fully saturated rings. The molecule has 0 bridgehead atoms. The van der Waals surface area contributed by atoms with Gasteiger partial charge in [0, 0.05) is 10.0 Å². The summed E-state index contributed by atoms with van der Waals surface area (Å²) < 4.78 is 6.47. The molecule has 1 aromatic carbocycles. The lowest BCUT2D eigenvalue weighted by Crippen LogP contribution is -2.16. The van der Waals surface area contributed by atoms with Crippen molar-refractivity contribution in [3.63, 3.8) is 0 Å². The van der Waals surface area contributed by atoms with Gasteiger partial charge < -0.3 is 4.74 Å². The Kier molecular flexibility index (Phi) is 3.59. The van der Waals surface area contributed by atoms with Crippen molar-refractivity contribution in [2.75, 3.05) is 7.11 Å². The van der Waals surface area contributed by atoms with Crippen molar-refractivity contribution in [2.24, 2.45) is 0 Å². The molecule has 0 N–H and O–H groups in total. The summed E-state index contributed by atoms with van der Waals surface area (Å²) in [4.78, 5) is 0. The van der Waals surface area contributed by atoms with Crippen molar-refractivity contribution in [3.05, 3.63) is 28.2 Å². The Bertz CT molecular complexity index is 318. The third-order valence-electron chi connectivity index (χ3n) is 2.77. The van der Waals surface area contributed by atoms with Gasteiger partial charge in [0.05, 0.1) is 7.11 Å². The molecule has 0 radical (unpaired) electrons. The van der Waals surface area contributed by atoms with Gasteiger partial charge in [0.15, 0.2) is 0 Å². The largest absolute Gasteiger partial charge is 0.496 e. The van der Waals surface area contributed by atoms with Crippen LogP contribution in [0.1, 0.15) is 32.8 Å². The molecule has 0 aliphatic rings. The number of ether oxygens (including phenoxy) is 1. The molecular weight excluding hydrogens is 240 g/mol.